The van der Waals surface area contributed by atoms with Crippen molar-refractivity contribution in [3.05, 3.63) is 82.8 Å². The van der Waals surface area contributed by atoms with E-state index in [1.54, 1.807) is 0 Å². The first kappa shape index (κ1) is 17.1. The van der Waals surface area contributed by atoms with Gasteiger partial charge in [0.25, 0.3) is 5.01 Å². The molecule has 0 spiro atoms. The lowest BCUT2D eigenvalue weighted by Gasteiger charge is -2.13. The number of nitrogens with zero attached hydrogens (tertiary/aromatic N) is 2. The van der Waals surface area contributed by atoms with Crippen LogP contribution in [0.15, 0.2) is 82.7 Å². The van der Waals surface area contributed by atoms with Gasteiger partial charge in [-0.25, -0.2) is 0 Å². The Morgan fingerprint density at radius 3 is 2.17 bits per heavy atom. The largest absolute Gasteiger partial charge is 0.338 e. The number of rotatable bonds is 1. The summed E-state index contributed by atoms with van der Waals surface area (Å²) in [4.78, 5) is 3.64. The molecule has 0 aliphatic carbocycles. The van der Waals surface area contributed by atoms with Crippen LogP contribution in [0.4, 0.5) is 5.69 Å². The fourth-order valence-electron chi connectivity index (χ4n) is 4.06. The Hall–Kier alpha value is -2.82. The van der Waals surface area contributed by atoms with Crippen LogP contribution in [0.3, 0.4) is 0 Å². The van der Waals surface area contributed by atoms with E-state index in [-0.39, 0.29) is 0 Å². The summed E-state index contributed by atoms with van der Waals surface area (Å²) in [7, 11) is 4.34. The molecule has 0 fully saturated rings. The SMILES string of the molecule is CN1C(=Cc2sc3cc4ccccc4cc3[n+]2C)Sc2cc3ccccc3cc21. The van der Waals surface area contributed by atoms with Crippen molar-refractivity contribution in [1.29, 1.82) is 0 Å². The Morgan fingerprint density at radius 1 is 0.828 bits per heavy atom. The monoisotopic (exact) mass is 411 g/mol. The standard InChI is InChI=1S/C25H19N2S2/c1-26-20-11-16-7-3-5-9-18(16)13-22(20)28-24(26)15-25-27(2)21-12-17-8-4-6-10-19(17)14-23(21)29-25/h3-15H,1-2H3/q+1. The van der Waals surface area contributed by atoms with Gasteiger partial charge < -0.3 is 4.90 Å². The molecule has 5 aromatic rings. The third kappa shape index (κ3) is 2.67. The molecule has 140 valence electrons. The summed E-state index contributed by atoms with van der Waals surface area (Å²) < 4.78 is 3.64. The number of fused-ring (bicyclic) bond motifs is 4. The number of thioether (sulfide) groups is 1. The first-order chi connectivity index (χ1) is 14.2. The summed E-state index contributed by atoms with van der Waals surface area (Å²) >= 11 is 3.71. The first-order valence-electron chi connectivity index (χ1n) is 9.65. The average molecular weight is 412 g/mol. The molecule has 2 nitrogen and oxygen atoms in total. The van der Waals surface area contributed by atoms with Crippen LogP contribution in [0.5, 0.6) is 0 Å². The molecular formula is C25H19N2S2+. The summed E-state index contributed by atoms with van der Waals surface area (Å²) in [6.45, 7) is 0. The Balaban J connectivity index is 1.47. The van der Waals surface area contributed by atoms with Crippen molar-refractivity contribution in [3.63, 3.8) is 0 Å². The van der Waals surface area contributed by atoms with Gasteiger partial charge in [0.2, 0.25) is 5.52 Å². The molecule has 2 heterocycles. The van der Waals surface area contributed by atoms with Gasteiger partial charge >= 0.3 is 0 Å². The number of aryl methyl sites for hydroxylation is 1. The minimum Gasteiger partial charge on any atom is -0.338 e. The van der Waals surface area contributed by atoms with Gasteiger partial charge in [-0.15, -0.1) is 0 Å². The molecule has 1 aliphatic heterocycles. The van der Waals surface area contributed by atoms with Crippen LogP contribution >= 0.6 is 23.1 Å². The zero-order chi connectivity index (χ0) is 19.5. The van der Waals surface area contributed by atoms with Crippen molar-refractivity contribution < 1.29 is 4.57 Å². The van der Waals surface area contributed by atoms with Crippen LogP contribution < -0.4 is 9.47 Å². The van der Waals surface area contributed by atoms with E-state index in [0.29, 0.717) is 0 Å². The van der Waals surface area contributed by atoms with Gasteiger partial charge in [-0.05, 0) is 39.7 Å². The van der Waals surface area contributed by atoms with Crippen molar-refractivity contribution in [2.45, 2.75) is 4.90 Å². The van der Waals surface area contributed by atoms with E-state index in [2.05, 4.69) is 102 Å². The maximum absolute atomic E-state index is 2.32. The lowest BCUT2D eigenvalue weighted by atomic mass is 10.1. The molecule has 1 aliphatic rings. The van der Waals surface area contributed by atoms with Crippen molar-refractivity contribution in [2.24, 2.45) is 7.05 Å². The summed E-state index contributed by atoms with van der Waals surface area (Å²) in [5.41, 5.74) is 2.57. The number of anilines is 1. The second-order valence-corrected chi connectivity index (χ2v) is 9.60. The maximum Gasteiger partial charge on any atom is 0.265 e. The van der Waals surface area contributed by atoms with Crippen LogP contribution in [0.2, 0.25) is 0 Å². The van der Waals surface area contributed by atoms with E-state index >= 15 is 0 Å². The van der Waals surface area contributed by atoms with Crippen LogP contribution in [-0.2, 0) is 7.05 Å². The Kier molecular flexibility index (Phi) is 3.73. The maximum atomic E-state index is 2.32. The zero-order valence-corrected chi connectivity index (χ0v) is 17.8. The van der Waals surface area contributed by atoms with Crippen LogP contribution in [-0.4, -0.2) is 7.05 Å². The van der Waals surface area contributed by atoms with E-state index in [9.17, 15) is 0 Å². The van der Waals surface area contributed by atoms with Gasteiger partial charge in [-0.3, -0.25) is 0 Å². The lowest BCUT2D eigenvalue weighted by Crippen LogP contribution is -2.29. The van der Waals surface area contributed by atoms with E-state index in [4.69, 9.17) is 0 Å². The number of thiazole rings is 1. The van der Waals surface area contributed by atoms with Crippen molar-refractivity contribution in [1.82, 2.24) is 0 Å². The van der Waals surface area contributed by atoms with Crippen LogP contribution in [0.25, 0.3) is 37.8 Å². The molecule has 0 saturated carbocycles. The number of hydrogen-bond acceptors (Lipinski definition) is 3. The predicted molar refractivity (Wildman–Crippen MR) is 127 cm³/mol. The second kappa shape index (κ2) is 6.34. The van der Waals surface area contributed by atoms with E-state index < -0.39 is 0 Å². The highest BCUT2D eigenvalue weighted by atomic mass is 32.2. The first-order valence-corrected chi connectivity index (χ1v) is 11.3. The minimum absolute atomic E-state index is 1.27. The van der Waals surface area contributed by atoms with Gasteiger partial charge in [0.05, 0.1) is 16.8 Å². The van der Waals surface area contributed by atoms with Crippen LogP contribution in [0, 0.1) is 0 Å². The molecular weight excluding hydrogens is 392 g/mol. The van der Waals surface area contributed by atoms with Crippen molar-refractivity contribution in [2.75, 3.05) is 11.9 Å². The molecule has 0 unspecified atom stereocenters. The number of hydrogen-bond donors (Lipinski definition) is 0. The van der Waals surface area contributed by atoms with E-state index in [0.717, 1.165) is 0 Å². The molecule has 0 bridgehead atoms. The molecule has 0 atom stereocenters. The van der Waals surface area contributed by atoms with Crippen molar-refractivity contribution in [3.8, 4) is 0 Å². The lowest BCUT2D eigenvalue weighted by molar-refractivity contribution is -0.642. The van der Waals surface area contributed by atoms with Gasteiger partial charge in [0.15, 0.2) is 0 Å². The zero-order valence-electron chi connectivity index (χ0n) is 16.2. The molecule has 0 saturated heterocycles. The van der Waals surface area contributed by atoms with Gasteiger partial charge in [-0.1, -0.05) is 71.6 Å². The summed E-state index contributed by atoms with van der Waals surface area (Å²) in [6, 6.07) is 26.4. The predicted octanol–water partition coefficient (Wildman–Crippen LogP) is 6.57. The molecule has 0 N–H and O–H groups in total. The molecule has 4 heteroatoms. The minimum atomic E-state index is 1.27. The molecule has 1 aromatic heterocycles. The summed E-state index contributed by atoms with van der Waals surface area (Å²) in [5, 5.41) is 7.71. The molecule has 29 heavy (non-hydrogen) atoms. The third-order valence-electron chi connectivity index (χ3n) is 5.71. The summed E-state index contributed by atoms with van der Waals surface area (Å²) in [5.74, 6) is 0. The van der Waals surface area contributed by atoms with Crippen molar-refractivity contribution >= 4 is 66.6 Å². The van der Waals surface area contributed by atoms with Crippen LogP contribution in [0.1, 0.15) is 5.01 Å². The highest BCUT2D eigenvalue weighted by Gasteiger charge is 2.25. The fourth-order valence-corrected chi connectivity index (χ4v) is 6.37. The number of benzene rings is 4. The molecule has 0 radical (unpaired) electrons. The van der Waals surface area contributed by atoms with Gasteiger partial charge in [0, 0.05) is 18.0 Å². The molecule has 4 aromatic carbocycles. The van der Waals surface area contributed by atoms with E-state index in [1.807, 2.05) is 23.1 Å². The van der Waals surface area contributed by atoms with Gasteiger partial charge in [0.1, 0.15) is 11.7 Å². The third-order valence-corrected chi connectivity index (χ3v) is 8.01. The number of aromatic nitrogens is 1. The highest BCUT2D eigenvalue weighted by Crippen LogP contribution is 2.47. The van der Waals surface area contributed by atoms with E-state index in [1.165, 1.54) is 52.4 Å². The topological polar surface area (TPSA) is 7.12 Å². The normalized spacial score (nSPS) is 15.1. The Labute approximate surface area is 177 Å². The fraction of sp³-hybridized carbons (Fsp3) is 0.0800. The molecule has 0 amide bonds. The highest BCUT2D eigenvalue weighted by molar-refractivity contribution is 8.03. The molecule has 6 rings (SSSR count). The average Bonchev–Trinajstić information content (AvgIpc) is 3.21. The Morgan fingerprint density at radius 2 is 1.45 bits per heavy atom. The quantitative estimate of drug-likeness (QED) is 0.288. The Bertz CT molecular complexity index is 1460. The smallest absolute Gasteiger partial charge is 0.265 e. The van der Waals surface area contributed by atoms with Gasteiger partial charge in [-0.2, -0.15) is 4.57 Å². The second-order valence-electron chi connectivity index (χ2n) is 7.48. The summed E-state index contributed by atoms with van der Waals surface area (Å²) in [6.07, 6.45) is 2.32.